The van der Waals surface area contributed by atoms with Crippen molar-refractivity contribution in [1.29, 1.82) is 0 Å². The second-order valence-electron chi connectivity index (χ2n) is 4.20. The minimum absolute atomic E-state index is 0.0570. The highest BCUT2D eigenvalue weighted by Crippen LogP contribution is 2.31. The molecule has 0 bridgehead atoms. The first-order chi connectivity index (χ1) is 7.68. The Hall–Kier alpha value is -1.13. The molecular formula is C12H16FNO2. The smallest absolute Gasteiger partial charge is 0.125 e. The molecule has 16 heavy (non-hydrogen) atoms. The Kier molecular flexibility index (Phi) is 3.41. The fourth-order valence-corrected chi connectivity index (χ4v) is 2.08. The van der Waals surface area contributed by atoms with Crippen LogP contribution in [0.5, 0.6) is 0 Å². The van der Waals surface area contributed by atoms with Gasteiger partial charge in [-0.15, -0.1) is 0 Å². The first kappa shape index (κ1) is 11.4. The molecule has 1 aromatic rings. The zero-order chi connectivity index (χ0) is 11.5. The highest BCUT2D eigenvalue weighted by molar-refractivity contribution is 5.48. The van der Waals surface area contributed by atoms with E-state index in [2.05, 4.69) is 0 Å². The summed E-state index contributed by atoms with van der Waals surface area (Å²) in [4.78, 5) is 0. The van der Waals surface area contributed by atoms with E-state index in [1.54, 1.807) is 6.07 Å². The van der Waals surface area contributed by atoms with Crippen LogP contribution in [-0.4, -0.2) is 18.3 Å². The van der Waals surface area contributed by atoms with Crippen molar-refractivity contribution in [3.8, 4) is 0 Å². The van der Waals surface area contributed by atoms with Crippen LogP contribution in [0.15, 0.2) is 18.2 Å². The first-order valence-electron chi connectivity index (χ1n) is 5.49. The Labute approximate surface area is 94.0 Å². The van der Waals surface area contributed by atoms with Crippen molar-refractivity contribution >= 4 is 5.69 Å². The van der Waals surface area contributed by atoms with Crippen LogP contribution < -0.4 is 5.73 Å². The monoisotopic (exact) mass is 225 g/mol. The number of rotatable bonds is 2. The van der Waals surface area contributed by atoms with E-state index in [9.17, 15) is 9.50 Å². The number of hydrogen-bond acceptors (Lipinski definition) is 3. The van der Waals surface area contributed by atoms with E-state index in [-0.39, 0.29) is 11.7 Å². The largest absolute Gasteiger partial charge is 0.398 e. The number of aliphatic hydroxyl groups is 1. The lowest BCUT2D eigenvalue weighted by atomic mass is 9.90. The molecule has 1 saturated heterocycles. The van der Waals surface area contributed by atoms with Gasteiger partial charge < -0.3 is 15.6 Å². The molecule has 3 N–H and O–H groups in total. The third-order valence-electron chi connectivity index (χ3n) is 3.01. The Morgan fingerprint density at radius 1 is 1.50 bits per heavy atom. The van der Waals surface area contributed by atoms with Gasteiger partial charge in [0, 0.05) is 23.8 Å². The van der Waals surface area contributed by atoms with Gasteiger partial charge in [-0.05, 0) is 25.0 Å². The maximum atomic E-state index is 12.9. The number of nitrogen functional groups attached to an aromatic ring is 1. The van der Waals surface area contributed by atoms with Gasteiger partial charge >= 0.3 is 0 Å². The fraction of sp³-hybridized carbons (Fsp3) is 0.500. The normalized spacial score (nSPS) is 23.0. The van der Waals surface area contributed by atoms with Crippen LogP contribution in [-0.2, 0) is 4.74 Å². The van der Waals surface area contributed by atoms with Gasteiger partial charge in [-0.2, -0.15) is 0 Å². The summed E-state index contributed by atoms with van der Waals surface area (Å²) in [5.41, 5.74) is 6.59. The van der Waals surface area contributed by atoms with Crippen LogP contribution in [0, 0.1) is 11.7 Å². The summed E-state index contributed by atoms with van der Waals surface area (Å²) < 4.78 is 18.2. The molecule has 2 unspecified atom stereocenters. The molecule has 4 heteroatoms. The van der Waals surface area contributed by atoms with Crippen LogP contribution >= 0.6 is 0 Å². The number of benzene rings is 1. The third-order valence-corrected chi connectivity index (χ3v) is 3.01. The lowest BCUT2D eigenvalue weighted by Gasteiger charge is -2.27. The number of aliphatic hydroxyl groups excluding tert-OH is 1. The minimum Gasteiger partial charge on any atom is -0.398 e. The molecule has 3 nitrogen and oxygen atoms in total. The molecule has 1 aromatic carbocycles. The van der Waals surface area contributed by atoms with E-state index in [0.717, 1.165) is 19.4 Å². The van der Waals surface area contributed by atoms with E-state index in [0.29, 0.717) is 17.9 Å². The fourth-order valence-electron chi connectivity index (χ4n) is 2.08. The number of halogens is 1. The van der Waals surface area contributed by atoms with Gasteiger partial charge in [-0.3, -0.25) is 0 Å². The van der Waals surface area contributed by atoms with Gasteiger partial charge in [0.2, 0.25) is 0 Å². The summed E-state index contributed by atoms with van der Waals surface area (Å²) in [6.45, 7) is 1.29. The Morgan fingerprint density at radius 2 is 2.31 bits per heavy atom. The molecule has 0 saturated carbocycles. The zero-order valence-corrected chi connectivity index (χ0v) is 9.03. The van der Waals surface area contributed by atoms with Crippen molar-refractivity contribution in [1.82, 2.24) is 0 Å². The molecule has 0 radical (unpaired) electrons. The van der Waals surface area contributed by atoms with Crippen LogP contribution in [0.4, 0.5) is 10.1 Å². The van der Waals surface area contributed by atoms with E-state index in [4.69, 9.17) is 10.5 Å². The van der Waals surface area contributed by atoms with Crippen molar-refractivity contribution in [2.45, 2.75) is 18.9 Å². The summed E-state index contributed by atoms with van der Waals surface area (Å²) in [5.74, 6) is -0.324. The van der Waals surface area contributed by atoms with Crippen molar-refractivity contribution in [3.05, 3.63) is 29.6 Å². The van der Waals surface area contributed by atoms with Gasteiger partial charge in [0.1, 0.15) is 5.82 Å². The van der Waals surface area contributed by atoms with Crippen molar-refractivity contribution in [2.75, 3.05) is 18.9 Å². The third kappa shape index (κ3) is 2.33. The summed E-state index contributed by atoms with van der Waals surface area (Å²) in [5, 5.41) is 10.1. The molecule has 0 spiro atoms. The predicted octanol–water partition coefficient (Wildman–Crippen LogP) is 1.87. The molecule has 2 atom stereocenters. The number of anilines is 1. The Morgan fingerprint density at radius 3 is 2.94 bits per heavy atom. The quantitative estimate of drug-likeness (QED) is 0.755. The molecule has 1 fully saturated rings. The van der Waals surface area contributed by atoms with E-state index >= 15 is 0 Å². The second-order valence-corrected chi connectivity index (χ2v) is 4.20. The molecule has 1 heterocycles. The lowest BCUT2D eigenvalue weighted by Crippen LogP contribution is -2.24. The van der Waals surface area contributed by atoms with Crippen LogP contribution in [0.2, 0.25) is 0 Å². The molecule has 1 aliphatic heterocycles. The van der Waals surface area contributed by atoms with Gasteiger partial charge in [-0.25, -0.2) is 4.39 Å². The van der Waals surface area contributed by atoms with Crippen molar-refractivity contribution in [3.63, 3.8) is 0 Å². The number of hydrogen-bond donors (Lipinski definition) is 2. The zero-order valence-electron chi connectivity index (χ0n) is 9.03. The minimum atomic E-state index is -0.666. The molecule has 0 amide bonds. The first-order valence-corrected chi connectivity index (χ1v) is 5.49. The summed E-state index contributed by atoms with van der Waals surface area (Å²) in [6.07, 6.45) is 1.20. The molecule has 1 aliphatic rings. The average molecular weight is 225 g/mol. The maximum Gasteiger partial charge on any atom is 0.125 e. The van der Waals surface area contributed by atoms with Gasteiger partial charge in [-0.1, -0.05) is 6.07 Å². The van der Waals surface area contributed by atoms with E-state index < -0.39 is 6.10 Å². The van der Waals surface area contributed by atoms with E-state index in [1.165, 1.54) is 12.1 Å². The topological polar surface area (TPSA) is 55.5 Å². The molecular weight excluding hydrogens is 209 g/mol. The van der Waals surface area contributed by atoms with Crippen LogP contribution in [0.25, 0.3) is 0 Å². The Balaban J connectivity index is 2.15. The van der Waals surface area contributed by atoms with Gasteiger partial charge in [0.15, 0.2) is 0 Å². The summed E-state index contributed by atoms with van der Waals surface area (Å²) in [7, 11) is 0. The van der Waals surface area contributed by atoms with Gasteiger partial charge in [0.25, 0.3) is 0 Å². The molecule has 0 aromatic heterocycles. The lowest BCUT2D eigenvalue weighted by molar-refractivity contribution is -0.00970. The Bertz CT molecular complexity index is 364. The molecule has 0 aliphatic carbocycles. The molecule has 88 valence electrons. The second kappa shape index (κ2) is 4.80. The number of ether oxygens (including phenoxy) is 1. The average Bonchev–Trinajstić information content (AvgIpc) is 2.29. The van der Waals surface area contributed by atoms with Crippen LogP contribution in [0.3, 0.4) is 0 Å². The highest BCUT2D eigenvalue weighted by atomic mass is 19.1. The standard InChI is InChI=1S/C12H16FNO2/c13-9-3-4-10(11(14)6-9)12(15)8-2-1-5-16-7-8/h3-4,6,8,12,15H,1-2,5,7,14H2. The SMILES string of the molecule is Nc1cc(F)ccc1C(O)C1CCCOC1. The van der Waals surface area contributed by atoms with Crippen molar-refractivity contribution in [2.24, 2.45) is 5.92 Å². The van der Waals surface area contributed by atoms with Crippen LogP contribution in [0.1, 0.15) is 24.5 Å². The summed E-state index contributed by atoms with van der Waals surface area (Å²) >= 11 is 0. The van der Waals surface area contributed by atoms with Crippen molar-refractivity contribution < 1.29 is 14.2 Å². The predicted molar refractivity (Wildman–Crippen MR) is 59.3 cm³/mol. The molecule has 2 rings (SSSR count). The highest BCUT2D eigenvalue weighted by Gasteiger charge is 2.25. The maximum absolute atomic E-state index is 12.9. The summed E-state index contributed by atoms with van der Waals surface area (Å²) in [6, 6.07) is 4.10. The van der Waals surface area contributed by atoms with E-state index in [1.807, 2.05) is 0 Å². The number of nitrogens with two attached hydrogens (primary N) is 1. The van der Waals surface area contributed by atoms with Gasteiger partial charge in [0.05, 0.1) is 12.7 Å².